The lowest BCUT2D eigenvalue weighted by molar-refractivity contribution is -0.150. The molecule has 76 heavy (non-hydrogen) atoms. The van der Waals surface area contributed by atoms with E-state index in [2.05, 4.69) is 30.1 Å². The van der Waals surface area contributed by atoms with Gasteiger partial charge in [0, 0.05) is 146 Å². The number of halogens is 6. The van der Waals surface area contributed by atoms with Gasteiger partial charge in [0.05, 0.1) is 30.2 Å². The van der Waals surface area contributed by atoms with Crippen LogP contribution in [0.2, 0.25) is 0 Å². The number of hydrogen-bond acceptors (Lipinski definition) is 11. The third kappa shape index (κ3) is 11.5. The fraction of sp³-hybridized carbons (Fsp3) is 0.400. The number of nitrogens with zero attached hydrogens (tertiary/aromatic N) is 8. The predicted octanol–water partition coefficient (Wildman–Crippen LogP) is 8.32. The number of fused-ring (bicyclic) bond motifs is 2. The molecule has 2 fully saturated rings. The topological polar surface area (TPSA) is 179 Å². The Hall–Kier alpha value is -7.07. The van der Waals surface area contributed by atoms with Gasteiger partial charge in [-0.05, 0) is 119 Å². The van der Waals surface area contributed by atoms with Crippen LogP contribution < -0.4 is 22.3 Å². The van der Waals surface area contributed by atoms with Gasteiger partial charge in [-0.3, -0.25) is 34.0 Å². The maximum absolute atomic E-state index is 14.5. The van der Waals surface area contributed by atoms with Crippen molar-refractivity contribution in [3.63, 3.8) is 0 Å². The van der Waals surface area contributed by atoms with Crippen molar-refractivity contribution < 1.29 is 35.9 Å². The molecule has 0 radical (unpaired) electrons. The minimum Gasteiger partial charge on any atom is -0.384 e. The average molecular weight is 1050 g/mol. The lowest BCUT2D eigenvalue weighted by atomic mass is 9.94. The van der Waals surface area contributed by atoms with Crippen molar-refractivity contribution in [1.82, 2.24) is 48.7 Å². The minimum atomic E-state index is -4.35. The number of rotatable bonds is 15. The summed E-state index contributed by atoms with van der Waals surface area (Å²) in [5.74, 6) is 0.131. The number of piperazine rings is 2. The van der Waals surface area contributed by atoms with E-state index in [0.29, 0.717) is 89.7 Å². The Labute approximate surface area is 435 Å². The van der Waals surface area contributed by atoms with E-state index in [4.69, 9.17) is 11.5 Å². The van der Waals surface area contributed by atoms with Gasteiger partial charge in [0.1, 0.15) is 11.6 Å². The van der Waals surface area contributed by atoms with Gasteiger partial charge < -0.3 is 30.6 Å². The van der Waals surface area contributed by atoms with Crippen molar-refractivity contribution in [2.45, 2.75) is 78.4 Å². The highest BCUT2D eigenvalue weighted by molar-refractivity contribution is 5.99. The van der Waals surface area contributed by atoms with E-state index in [1.54, 1.807) is 37.5 Å². The third-order valence-corrected chi connectivity index (χ3v) is 15.2. The van der Waals surface area contributed by atoms with Gasteiger partial charge in [-0.25, -0.2) is 9.97 Å². The van der Waals surface area contributed by atoms with Crippen LogP contribution in [-0.2, 0) is 13.0 Å². The molecule has 2 aliphatic heterocycles. The first-order valence-electron chi connectivity index (χ1n) is 25.3. The van der Waals surface area contributed by atoms with Gasteiger partial charge in [0.15, 0.2) is 5.78 Å². The summed E-state index contributed by atoms with van der Waals surface area (Å²) < 4.78 is 84.5. The molecule has 6 N–H and O–H groups in total. The van der Waals surface area contributed by atoms with Crippen LogP contribution >= 0.6 is 0 Å². The van der Waals surface area contributed by atoms with Crippen LogP contribution in [0.1, 0.15) is 92.4 Å². The van der Waals surface area contributed by atoms with Crippen molar-refractivity contribution in [2.24, 2.45) is 0 Å². The number of pyridine rings is 5. The molecule has 9 heterocycles. The summed E-state index contributed by atoms with van der Waals surface area (Å²) in [7, 11) is 0. The third-order valence-electron chi connectivity index (χ3n) is 15.2. The SMILES string of the molecule is CC(=O)c1cc2c(-c3ccc(N)nc3)ccn2c(C(CCc2cc(C)c(CNC(=O)c3cc4c(-c5ccc(N)nc5)ccn4c(C(C)N4CCN(CC(F)(F)F)CC4)c3C)c(=O)[nH]2)N2CCN(CC(F)(F)F)CC2)c1C. The average Bonchev–Trinajstić information content (AvgIpc) is 4.01. The van der Waals surface area contributed by atoms with Gasteiger partial charge in [-0.1, -0.05) is 0 Å². The fourth-order valence-corrected chi connectivity index (χ4v) is 11.3. The monoisotopic (exact) mass is 1050 g/mol. The molecule has 0 spiro atoms. The van der Waals surface area contributed by atoms with Crippen LogP contribution in [0.5, 0.6) is 0 Å². The highest BCUT2D eigenvalue weighted by atomic mass is 19.4. The first kappa shape index (κ1) is 53.7. The molecule has 15 nitrogen and oxygen atoms in total. The highest BCUT2D eigenvalue weighted by Crippen LogP contribution is 2.38. The fourth-order valence-electron chi connectivity index (χ4n) is 11.3. The number of alkyl halides is 6. The number of ketones is 1. The molecule has 0 saturated carbocycles. The van der Waals surface area contributed by atoms with Crippen molar-refractivity contribution in [1.29, 1.82) is 0 Å². The largest absolute Gasteiger partial charge is 0.401 e. The number of nitrogen functional groups attached to an aromatic ring is 2. The maximum atomic E-state index is 14.5. The van der Waals surface area contributed by atoms with Gasteiger partial charge in [0.25, 0.3) is 11.5 Å². The Bertz CT molecular complexity index is 3330. The first-order valence-corrected chi connectivity index (χ1v) is 25.3. The molecule has 7 aromatic heterocycles. The van der Waals surface area contributed by atoms with Crippen molar-refractivity contribution >= 4 is 34.4 Å². The van der Waals surface area contributed by atoms with Crippen LogP contribution in [-0.4, -0.2) is 133 Å². The van der Waals surface area contributed by atoms with E-state index in [-0.39, 0.29) is 44.5 Å². The molecule has 2 atom stereocenters. The van der Waals surface area contributed by atoms with Gasteiger partial charge in [-0.2, -0.15) is 26.3 Å². The molecule has 9 rings (SSSR count). The summed E-state index contributed by atoms with van der Waals surface area (Å²) in [6, 6.07) is 15.8. The van der Waals surface area contributed by atoms with Crippen molar-refractivity contribution in [3.8, 4) is 22.3 Å². The second-order valence-corrected chi connectivity index (χ2v) is 20.2. The molecule has 2 unspecified atom stereocenters. The zero-order valence-electron chi connectivity index (χ0n) is 43.1. The normalized spacial score (nSPS) is 16.4. The summed E-state index contributed by atoms with van der Waals surface area (Å²) >= 11 is 0. The summed E-state index contributed by atoms with van der Waals surface area (Å²) in [4.78, 5) is 60.5. The van der Waals surface area contributed by atoms with Crippen molar-refractivity contribution in [3.05, 3.63) is 140 Å². The Morgan fingerprint density at radius 2 is 1.20 bits per heavy atom. The van der Waals surface area contributed by atoms with E-state index in [1.807, 2.05) is 78.4 Å². The number of anilines is 2. The summed E-state index contributed by atoms with van der Waals surface area (Å²) in [6.45, 7) is 9.20. The lowest BCUT2D eigenvalue weighted by Gasteiger charge is -2.40. The number of carbonyl (C=O) groups is 2. The molecule has 0 aliphatic carbocycles. The predicted molar refractivity (Wildman–Crippen MR) is 280 cm³/mol. The number of carbonyl (C=O) groups excluding carboxylic acids is 2. The van der Waals surface area contributed by atoms with E-state index in [0.717, 1.165) is 44.7 Å². The smallest absolute Gasteiger partial charge is 0.384 e. The summed E-state index contributed by atoms with van der Waals surface area (Å²) in [6.07, 6.45) is -0.698. The quantitative estimate of drug-likeness (QED) is 0.0574. The zero-order valence-corrected chi connectivity index (χ0v) is 43.1. The molecule has 0 aromatic carbocycles. The minimum absolute atomic E-state index is 0.105. The molecule has 21 heteroatoms. The first-order chi connectivity index (χ1) is 36.0. The number of nitrogens with one attached hydrogen (secondary N) is 2. The molecule has 402 valence electrons. The highest BCUT2D eigenvalue weighted by Gasteiger charge is 2.36. The lowest BCUT2D eigenvalue weighted by Crippen LogP contribution is -2.50. The second kappa shape index (κ2) is 21.5. The second-order valence-electron chi connectivity index (χ2n) is 20.2. The Balaban J connectivity index is 0.993. The molecular formula is C55H62F6N12O3. The number of aryl methyl sites for hydroxylation is 2. The number of aromatic nitrogens is 5. The maximum Gasteiger partial charge on any atom is 0.401 e. The Morgan fingerprint density at radius 3 is 1.68 bits per heavy atom. The van der Waals surface area contributed by atoms with Crippen LogP contribution in [0.15, 0.2) is 84.2 Å². The summed E-state index contributed by atoms with van der Waals surface area (Å²) in [5.41, 5.74) is 21.6. The van der Waals surface area contributed by atoms with Gasteiger partial charge >= 0.3 is 12.4 Å². The molecule has 2 aliphatic rings. The molecule has 0 bridgehead atoms. The number of Topliss-reactive ketones (excluding diaryl/α,β-unsaturated/α-hetero) is 1. The number of nitrogens with two attached hydrogens (primary N) is 2. The molecule has 1 amide bonds. The number of H-pyrrole nitrogens is 1. The van der Waals surface area contributed by atoms with Crippen LogP contribution in [0.25, 0.3) is 33.3 Å². The molecule has 2 saturated heterocycles. The Kier molecular flexibility index (Phi) is 15.2. The molecular weight excluding hydrogens is 991 g/mol. The standard InChI is InChI=1S/C55H62F6N12O3/c1-32-24-39(8-9-45(71-22-18-69(19-23-71)31-55(59,60)61)51-33(2)42(36(5)74)25-46-40(13-15-73(46)51)37-6-10-48(62)64-27-37)67-53(76)44(32)29-66-52(75)43-26-47-41(38-7-11-49(63)65-28-38)12-14-72(47)50(34(43)3)35(4)70-20-16-68(17-21-70)30-54(56,57)58/h6-7,10-15,24-28,35,45H,8-9,16-23,29-31H2,1-5H3,(H2,62,64)(H2,63,65)(H,66,75)(H,67,76). The Morgan fingerprint density at radius 1 is 0.697 bits per heavy atom. The van der Waals surface area contributed by atoms with E-state index < -0.39 is 43.0 Å². The molecule has 7 aromatic rings. The van der Waals surface area contributed by atoms with Crippen molar-refractivity contribution in [2.75, 3.05) is 76.9 Å². The summed E-state index contributed by atoms with van der Waals surface area (Å²) in [5, 5.41) is 3.00. The van der Waals surface area contributed by atoms with E-state index in [9.17, 15) is 40.7 Å². The number of amides is 1. The van der Waals surface area contributed by atoms with Crippen LogP contribution in [0.3, 0.4) is 0 Å². The number of aromatic amines is 1. The zero-order chi connectivity index (χ0) is 54.4. The van der Waals surface area contributed by atoms with E-state index in [1.165, 1.54) is 16.7 Å². The van der Waals surface area contributed by atoms with E-state index >= 15 is 0 Å². The van der Waals surface area contributed by atoms with Crippen LogP contribution in [0, 0.1) is 20.8 Å². The van der Waals surface area contributed by atoms with Crippen LogP contribution in [0.4, 0.5) is 38.0 Å². The number of hydrogen-bond donors (Lipinski definition) is 4. The van der Waals surface area contributed by atoms with Gasteiger partial charge in [-0.15, -0.1) is 0 Å². The van der Waals surface area contributed by atoms with Gasteiger partial charge in [0.2, 0.25) is 0 Å².